The largest absolute Gasteiger partial charge is 0.481 e. The lowest BCUT2D eigenvalue weighted by Crippen LogP contribution is -2.50. The number of hydrogen-bond donors (Lipinski definition) is 2. The normalized spacial score (nSPS) is 13.5. The van der Waals surface area contributed by atoms with E-state index >= 15 is 0 Å². The van der Waals surface area contributed by atoms with Crippen molar-refractivity contribution in [3.05, 3.63) is 41.0 Å². The van der Waals surface area contributed by atoms with Gasteiger partial charge < -0.3 is 15.2 Å². The van der Waals surface area contributed by atoms with Crippen LogP contribution in [0.5, 0.6) is 0 Å². The monoisotopic (exact) mass is 336 g/mol. The molecule has 0 saturated heterocycles. The topological polar surface area (TPSA) is 88.5 Å². The van der Waals surface area contributed by atoms with E-state index in [0.29, 0.717) is 10.5 Å². The summed E-state index contributed by atoms with van der Waals surface area (Å²) in [6.07, 6.45) is -0.258. The summed E-state index contributed by atoms with van der Waals surface area (Å²) in [5, 5.41) is 13.1. The SMILES string of the molecule is COCC(C)(CC(=O)O)NC(=O)c1ccc2ccc(Cl)cc2n1. The highest BCUT2D eigenvalue weighted by molar-refractivity contribution is 6.31. The van der Waals surface area contributed by atoms with Gasteiger partial charge in [-0.25, -0.2) is 4.98 Å². The van der Waals surface area contributed by atoms with Crippen molar-refractivity contribution in [2.24, 2.45) is 0 Å². The second kappa shape index (κ2) is 6.93. The lowest BCUT2D eigenvalue weighted by molar-refractivity contribution is -0.139. The highest BCUT2D eigenvalue weighted by Gasteiger charge is 2.30. The molecule has 0 aliphatic heterocycles. The summed E-state index contributed by atoms with van der Waals surface area (Å²) >= 11 is 5.93. The van der Waals surface area contributed by atoms with E-state index in [9.17, 15) is 9.59 Å². The molecule has 1 heterocycles. The molecule has 1 amide bonds. The van der Waals surface area contributed by atoms with Crippen molar-refractivity contribution in [2.45, 2.75) is 18.9 Å². The number of rotatable bonds is 6. The van der Waals surface area contributed by atoms with E-state index in [1.165, 1.54) is 7.11 Å². The van der Waals surface area contributed by atoms with E-state index < -0.39 is 17.4 Å². The predicted molar refractivity (Wildman–Crippen MR) is 86.8 cm³/mol. The van der Waals surface area contributed by atoms with Gasteiger partial charge in [-0.3, -0.25) is 9.59 Å². The van der Waals surface area contributed by atoms with Gasteiger partial charge in [-0.1, -0.05) is 23.7 Å². The minimum atomic E-state index is -1.03. The third kappa shape index (κ3) is 4.40. The first-order chi connectivity index (χ1) is 10.8. The number of fused-ring (bicyclic) bond motifs is 1. The Morgan fingerprint density at radius 1 is 1.35 bits per heavy atom. The fourth-order valence-electron chi connectivity index (χ4n) is 2.34. The highest BCUT2D eigenvalue weighted by atomic mass is 35.5. The Labute approximate surface area is 138 Å². The smallest absolute Gasteiger partial charge is 0.305 e. The number of benzene rings is 1. The maximum Gasteiger partial charge on any atom is 0.305 e. The number of nitrogens with one attached hydrogen (secondary N) is 1. The number of halogens is 1. The molecule has 1 aromatic heterocycles. The van der Waals surface area contributed by atoms with E-state index in [0.717, 1.165) is 5.39 Å². The number of carbonyl (C=O) groups is 2. The zero-order chi connectivity index (χ0) is 17.0. The van der Waals surface area contributed by atoms with Gasteiger partial charge >= 0.3 is 5.97 Å². The fourth-order valence-corrected chi connectivity index (χ4v) is 2.50. The van der Waals surface area contributed by atoms with Gasteiger partial charge in [-0.15, -0.1) is 0 Å². The predicted octanol–water partition coefficient (Wildman–Crippen LogP) is 2.50. The highest BCUT2D eigenvalue weighted by Crippen LogP contribution is 2.18. The number of carboxylic acid groups (broad SMARTS) is 1. The maximum absolute atomic E-state index is 12.4. The number of carbonyl (C=O) groups excluding carboxylic acids is 1. The number of carboxylic acids is 1. The molecule has 23 heavy (non-hydrogen) atoms. The molecule has 0 aliphatic carbocycles. The molecular formula is C16H17ClN2O4. The Balaban J connectivity index is 2.26. The molecule has 0 spiro atoms. The molecule has 7 heteroatoms. The van der Waals surface area contributed by atoms with Gasteiger partial charge in [0.25, 0.3) is 5.91 Å². The Morgan fingerprint density at radius 3 is 2.70 bits per heavy atom. The third-order valence-corrected chi connectivity index (χ3v) is 3.54. The van der Waals surface area contributed by atoms with Crippen LogP contribution < -0.4 is 5.32 Å². The fraction of sp³-hybridized carbons (Fsp3) is 0.312. The summed E-state index contributed by atoms with van der Waals surface area (Å²) in [6, 6.07) is 8.57. The van der Waals surface area contributed by atoms with Crippen molar-refractivity contribution in [1.82, 2.24) is 10.3 Å². The van der Waals surface area contributed by atoms with E-state index in [4.69, 9.17) is 21.4 Å². The average Bonchev–Trinajstić information content (AvgIpc) is 2.45. The van der Waals surface area contributed by atoms with Crippen molar-refractivity contribution in [1.29, 1.82) is 0 Å². The second-order valence-electron chi connectivity index (χ2n) is 5.55. The van der Waals surface area contributed by atoms with Crippen LogP contribution in [0.25, 0.3) is 10.9 Å². The third-order valence-electron chi connectivity index (χ3n) is 3.31. The van der Waals surface area contributed by atoms with E-state index in [1.54, 1.807) is 31.2 Å². The number of aromatic nitrogens is 1. The molecule has 2 rings (SSSR count). The molecule has 2 N–H and O–H groups in total. The van der Waals surface area contributed by atoms with Crippen LogP contribution in [0.1, 0.15) is 23.8 Å². The minimum Gasteiger partial charge on any atom is -0.481 e. The van der Waals surface area contributed by atoms with Crippen LogP contribution in [0.2, 0.25) is 5.02 Å². The molecule has 0 saturated carbocycles. The van der Waals surface area contributed by atoms with Crippen LogP contribution in [-0.2, 0) is 9.53 Å². The standard InChI is InChI=1S/C16H17ClN2O4/c1-16(9-23-2,8-14(20)21)19-15(22)12-6-4-10-3-5-11(17)7-13(10)18-12/h3-7H,8-9H2,1-2H3,(H,19,22)(H,20,21). The molecule has 6 nitrogen and oxygen atoms in total. The molecule has 1 aromatic carbocycles. The molecule has 2 aromatic rings. The number of nitrogens with zero attached hydrogens (tertiary/aromatic N) is 1. The lowest BCUT2D eigenvalue weighted by Gasteiger charge is -2.28. The number of pyridine rings is 1. The lowest BCUT2D eigenvalue weighted by atomic mass is 9.98. The quantitative estimate of drug-likeness (QED) is 0.846. The zero-order valence-electron chi connectivity index (χ0n) is 12.8. The number of aliphatic carboxylic acids is 1. The molecular weight excluding hydrogens is 320 g/mol. The Hall–Kier alpha value is -2.18. The first-order valence-electron chi connectivity index (χ1n) is 6.92. The van der Waals surface area contributed by atoms with E-state index in [2.05, 4.69) is 10.3 Å². The molecule has 0 bridgehead atoms. The number of ether oxygens (including phenoxy) is 1. The number of methoxy groups -OCH3 is 1. The maximum atomic E-state index is 12.4. The van der Waals surface area contributed by atoms with Gasteiger partial charge in [-0.2, -0.15) is 0 Å². The van der Waals surface area contributed by atoms with Crippen molar-refractivity contribution in [3.8, 4) is 0 Å². The van der Waals surface area contributed by atoms with Crippen molar-refractivity contribution in [2.75, 3.05) is 13.7 Å². The first-order valence-corrected chi connectivity index (χ1v) is 7.30. The summed E-state index contributed by atoms with van der Waals surface area (Å²) in [7, 11) is 1.45. The van der Waals surface area contributed by atoms with Gasteiger partial charge in [0.05, 0.1) is 24.1 Å². The summed E-state index contributed by atoms with van der Waals surface area (Å²) < 4.78 is 5.01. The van der Waals surface area contributed by atoms with Crippen LogP contribution >= 0.6 is 11.6 Å². The Bertz CT molecular complexity index is 750. The van der Waals surface area contributed by atoms with Crippen molar-refractivity contribution in [3.63, 3.8) is 0 Å². The van der Waals surface area contributed by atoms with Crippen LogP contribution in [0.3, 0.4) is 0 Å². The summed E-state index contributed by atoms with van der Waals surface area (Å²) in [4.78, 5) is 27.6. The molecule has 122 valence electrons. The average molecular weight is 337 g/mol. The zero-order valence-corrected chi connectivity index (χ0v) is 13.6. The van der Waals surface area contributed by atoms with Gasteiger partial charge in [0.2, 0.25) is 0 Å². The van der Waals surface area contributed by atoms with Crippen LogP contribution in [0, 0.1) is 0 Å². The molecule has 1 atom stereocenters. The van der Waals surface area contributed by atoms with Crippen molar-refractivity contribution < 1.29 is 19.4 Å². The van der Waals surface area contributed by atoms with Crippen LogP contribution in [0.4, 0.5) is 0 Å². The Kier molecular flexibility index (Phi) is 5.18. The van der Waals surface area contributed by atoms with Crippen molar-refractivity contribution >= 4 is 34.4 Å². The molecule has 0 aliphatic rings. The Morgan fingerprint density at radius 2 is 2.04 bits per heavy atom. The van der Waals surface area contributed by atoms with E-state index in [-0.39, 0.29) is 18.7 Å². The number of amides is 1. The first kappa shape index (κ1) is 17.2. The summed E-state index contributed by atoms with van der Waals surface area (Å²) in [5.74, 6) is -1.49. The van der Waals surface area contributed by atoms with Gasteiger partial charge in [0, 0.05) is 17.5 Å². The molecule has 1 unspecified atom stereocenters. The van der Waals surface area contributed by atoms with Crippen LogP contribution in [0.15, 0.2) is 30.3 Å². The molecule has 0 radical (unpaired) electrons. The minimum absolute atomic E-state index is 0.0739. The van der Waals surface area contributed by atoms with Crippen LogP contribution in [-0.4, -0.2) is 41.2 Å². The van der Waals surface area contributed by atoms with Gasteiger partial charge in [0.15, 0.2) is 0 Å². The van der Waals surface area contributed by atoms with Gasteiger partial charge in [0.1, 0.15) is 5.69 Å². The summed E-state index contributed by atoms with van der Waals surface area (Å²) in [5.41, 5.74) is -0.243. The van der Waals surface area contributed by atoms with E-state index in [1.807, 2.05) is 6.07 Å². The second-order valence-corrected chi connectivity index (χ2v) is 5.99. The van der Waals surface area contributed by atoms with Gasteiger partial charge in [-0.05, 0) is 25.1 Å². The number of hydrogen-bond acceptors (Lipinski definition) is 4. The summed E-state index contributed by atoms with van der Waals surface area (Å²) in [6.45, 7) is 1.69. The molecule has 0 fully saturated rings.